The van der Waals surface area contributed by atoms with Crippen LogP contribution in [0.15, 0.2) is 48.6 Å². The third-order valence-electron chi connectivity index (χ3n) is 5.34. The first-order chi connectivity index (χ1) is 11.6. The van der Waals surface area contributed by atoms with Crippen molar-refractivity contribution in [1.82, 2.24) is 0 Å². The van der Waals surface area contributed by atoms with Crippen molar-refractivity contribution in [2.24, 2.45) is 5.92 Å². The Balaban J connectivity index is 1.86. The van der Waals surface area contributed by atoms with Crippen LogP contribution in [0.25, 0.3) is 0 Å². The second-order valence-corrected chi connectivity index (χ2v) is 6.91. The van der Waals surface area contributed by atoms with E-state index in [0.717, 1.165) is 17.7 Å². The molecule has 0 aromatic heterocycles. The average molecular weight is 319 g/mol. The van der Waals surface area contributed by atoms with Gasteiger partial charge in [-0.3, -0.25) is 0 Å². The summed E-state index contributed by atoms with van der Waals surface area (Å²) in [6.07, 6.45) is 5.51. The van der Waals surface area contributed by atoms with Crippen LogP contribution in [0, 0.1) is 19.8 Å². The maximum Gasteiger partial charge on any atom is 0.336 e. The first-order valence-electron chi connectivity index (χ1n) is 8.43. The van der Waals surface area contributed by atoms with Gasteiger partial charge in [0.2, 0.25) is 0 Å². The van der Waals surface area contributed by atoms with Crippen molar-refractivity contribution >= 4 is 11.7 Å². The molecule has 0 saturated carbocycles. The van der Waals surface area contributed by atoms with Crippen LogP contribution >= 0.6 is 0 Å². The van der Waals surface area contributed by atoms with Crippen molar-refractivity contribution in [2.75, 3.05) is 5.32 Å². The quantitative estimate of drug-likeness (QED) is 0.780. The van der Waals surface area contributed by atoms with E-state index < -0.39 is 5.97 Å². The summed E-state index contributed by atoms with van der Waals surface area (Å²) in [6, 6.07) is 11.8. The number of aryl methyl sites for hydroxylation is 2. The molecule has 0 fully saturated rings. The molecule has 0 saturated heterocycles. The van der Waals surface area contributed by atoms with Crippen molar-refractivity contribution in [3.8, 4) is 0 Å². The Morgan fingerprint density at radius 3 is 2.79 bits per heavy atom. The van der Waals surface area contributed by atoms with Gasteiger partial charge in [-0.15, -0.1) is 0 Å². The molecule has 1 aliphatic carbocycles. The lowest BCUT2D eigenvalue weighted by molar-refractivity contribution is 0.0694. The van der Waals surface area contributed by atoms with E-state index in [1.807, 2.05) is 12.1 Å². The largest absolute Gasteiger partial charge is 0.478 e. The Morgan fingerprint density at radius 2 is 2.00 bits per heavy atom. The Kier molecular flexibility index (Phi) is 3.45. The highest BCUT2D eigenvalue weighted by atomic mass is 16.4. The molecule has 0 radical (unpaired) electrons. The lowest BCUT2D eigenvalue weighted by Gasteiger charge is -2.39. The van der Waals surface area contributed by atoms with E-state index in [0.29, 0.717) is 17.4 Å². The normalized spacial score (nSPS) is 24.2. The highest BCUT2D eigenvalue weighted by Crippen LogP contribution is 2.51. The first kappa shape index (κ1) is 15.0. The molecule has 0 bridgehead atoms. The molecule has 3 heteroatoms. The Bertz CT molecular complexity index is 853. The summed E-state index contributed by atoms with van der Waals surface area (Å²) in [5.41, 5.74) is 6.32. The lowest BCUT2D eigenvalue weighted by Crippen LogP contribution is -2.30. The smallest absolute Gasteiger partial charge is 0.336 e. The first-order valence-corrected chi connectivity index (χ1v) is 8.43. The molecule has 4 rings (SSSR count). The summed E-state index contributed by atoms with van der Waals surface area (Å²) in [6.45, 7) is 4.27. The van der Waals surface area contributed by atoms with Crippen LogP contribution in [0.3, 0.4) is 0 Å². The van der Waals surface area contributed by atoms with Gasteiger partial charge in [0.05, 0.1) is 11.6 Å². The molecule has 3 nitrogen and oxygen atoms in total. The molecule has 1 aliphatic heterocycles. The number of aromatic carboxylic acids is 1. The molecule has 0 unspecified atom stereocenters. The summed E-state index contributed by atoms with van der Waals surface area (Å²) in [5, 5.41) is 13.2. The molecule has 24 heavy (non-hydrogen) atoms. The number of carboxylic acid groups (broad SMARTS) is 1. The zero-order valence-electron chi connectivity index (χ0n) is 13.9. The molecule has 2 aliphatic rings. The van der Waals surface area contributed by atoms with Crippen molar-refractivity contribution in [2.45, 2.75) is 32.2 Å². The Morgan fingerprint density at radius 1 is 1.21 bits per heavy atom. The number of carboxylic acids is 1. The number of allylic oxidation sites excluding steroid dienone is 2. The minimum atomic E-state index is -0.860. The number of carbonyl (C=O) groups is 1. The van der Waals surface area contributed by atoms with E-state index in [4.69, 9.17) is 0 Å². The van der Waals surface area contributed by atoms with Gasteiger partial charge in [0.25, 0.3) is 0 Å². The third-order valence-corrected chi connectivity index (χ3v) is 5.34. The molecule has 122 valence electrons. The summed E-state index contributed by atoms with van der Waals surface area (Å²) < 4.78 is 0. The highest BCUT2D eigenvalue weighted by Gasteiger charge is 2.39. The van der Waals surface area contributed by atoms with Crippen molar-refractivity contribution < 1.29 is 9.90 Å². The van der Waals surface area contributed by atoms with Crippen molar-refractivity contribution in [3.05, 3.63) is 76.4 Å². The zero-order chi connectivity index (χ0) is 16.8. The van der Waals surface area contributed by atoms with Crippen LogP contribution in [-0.2, 0) is 0 Å². The summed E-state index contributed by atoms with van der Waals surface area (Å²) in [4.78, 5) is 11.7. The minimum absolute atomic E-state index is 0.0194. The Labute approximate surface area is 142 Å². The van der Waals surface area contributed by atoms with E-state index in [-0.39, 0.29) is 6.04 Å². The van der Waals surface area contributed by atoms with Crippen LogP contribution < -0.4 is 5.32 Å². The molecule has 2 N–H and O–H groups in total. The number of rotatable bonds is 2. The minimum Gasteiger partial charge on any atom is -0.478 e. The predicted molar refractivity (Wildman–Crippen MR) is 95.7 cm³/mol. The van der Waals surface area contributed by atoms with E-state index in [2.05, 4.69) is 43.4 Å². The number of hydrogen-bond acceptors (Lipinski definition) is 2. The number of benzene rings is 2. The van der Waals surface area contributed by atoms with Gasteiger partial charge >= 0.3 is 5.97 Å². The molecule has 0 spiro atoms. The van der Waals surface area contributed by atoms with Crippen LogP contribution in [-0.4, -0.2) is 11.1 Å². The SMILES string of the molecule is Cc1cc(C)c2c(c1)N[C@H](c1ccccc1C(=O)O)[C@@H]1CC=C[C@H]21. The van der Waals surface area contributed by atoms with Crippen LogP contribution in [0.2, 0.25) is 0 Å². The second-order valence-electron chi connectivity index (χ2n) is 6.91. The average Bonchev–Trinajstić information content (AvgIpc) is 3.02. The van der Waals surface area contributed by atoms with E-state index in [9.17, 15) is 9.90 Å². The second kappa shape index (κ2) is 5.52. The molecule has 2 aromatic rings. The number of nitrogens with one attached hydrogen (secondary N) is 1. The molecule has 2 aromatic carbocycles. The fourth-order valence-electron chi connectivity index (χ4n) is 4.41. The van der Waals surface area contributed by atoms with Gasteiger partial charge < -0.3 is 10.4 Å². The lowest BCUT2D eigenvalue weighted by atomic mass is 9.74. The van der Waals surface area contributed by atoms with Crippen molar-refractivity contribution in [1.29, 1.82) is 0 Å². The van der Waals surface area contributed by atoms with Gasteiger partial charge in [0.1, 0.15) is 0 Å². The molecular formula is C21H21NO2. The predicted octanol–water partition coefficient (Wildman–Crippen LogP) is 4.83. The number of anilines is 1. The summed E-state index contributed by atoms with van der Waals surface area (Å²) >= 11 is 0. The van der Waals surface area contributed by atoms with Gasteiger partial charge in [-0.05, 0) is 60.6 Å². The summed E-state index contributed by atoms with van der Waals surface area (Å²) in [5.74, 6) is -0.144. The third kappa shape index (κ3) is 2.23. The van der Waals surface area contributed by atoms with Gasteiger partial charge in [-0.25, -0.2) is 4.79 Å². The van der Waals surface area contributed by atoms with Crippen LogP contribution in [0.4, 0.5) is 5.69 Å². The van der Waals surface area contributed by atoms with Gasteiger partial charge in [0, 0.05) is 11.6 Å². The number of fused-ring (bicyclic) bond motifs is 3. The van der Waals surface area contributed by atoms with Gasteiger partial charge in [0.15, 0.2) is 0 Å². The van der Waals surface area contributed by atoms with Crippen LogP contribution in [0.1, 0.15) is 51.0 Å². The molecule has 0 amide bonds. The van der Waals surface area contributed by atoms with E-state index >= 15 is 0 Å². The van der Waals surface area contributed by atoms with Crippen molar-refractivity contribution in [3.63, 3.8) is 0 Å². The maximum atomic E-state index is 11.7. The fourth-order valence-corrected chi connectivity index (χ4v) is 4.41. The Hall–Kier alpha value is -2.55. The molecule has 3 atom stereocenters. The monoisotopic (exact) mass is 319 g/mol. The fraction of sp³-hybridized carbons (Fsp3) is 0.286. The van der Waals surface area contributed by atoms with E-state index in [1.54, 1.807) is 12.1 Å². The van der Waals surface area contributed by atoms with Gasteiger partial charge in [-0.2, -0.15) is 0 Å². The van der Waals surface area contributed by atoms with E-state index in [1.165, 1.54) is 16.7 Å². The standard InChI is InChI=1S/C21H21NO2/c1-12-10-13(2)19-14-8-5-9-15(14)20(22-18(19)11-12)16-6-3-4-7-17(16)21(23)24/h3-8,10-11,14-15,20,22H,9H2,1-2H3,(H,23,24)/t14-,15+,20-/m0/s1. The highest BCUT2D eigenvalue weighted by molar-refractivity contribution is 5.90. The topological polar surface area (TPSA) is 49.3 Å². The molecular weight excluding hydrogens is 298 g/mol. The zero-order valence-corrected chi connectivity index (χ0v) is 13.9. The van der Waals surface area contributed by atoms with Crippen LogP contribution in [0.5, 0.6) is 0 Å². The number of hydrogen-bond donors (Lipinski definition) is 2. The molecule has 1 heterocycles. The van der Waals surface area contributed by atoms with Gasteiger partial charge in [-0.1, -0.05) is 36.4 Å². The maximum absolute atomic E-state index is 11.7. The summed E-state index contributed by atoms with van der Waals surface area (Å²) in [7, 11) is 0.